The summed E-state index contributed by atoms with van der Waals surface area (Å²) in [6.07, 6.45) is 3.01. The highest BCUT2D eigenvalue weighted by molar-refractivity contribution is 6.33. The van der Waals surface area contributed by atoms with Crippen molar-refractivity contribution in [3.8, 4) is 17.1 Å². The first-order chi connectivity index (χ1) is 16.0. The number of rotatable bonds is 8. The van der Waals surface area contributed by atoms with Crippen LogP contribution in [0.3, 0.4) is 0 Å². The molecule has 1 atom stereocenters. The van der Waals surface area contributed by atoms with Gasteiger partial charge in [-0.3, -0.25) is 14.7 Å². The highest BCUT2D eigenvalue weighted by atomic mass is 35.5. The second-order valence-electron chi connectivity index (χ2n) is 7.94. The molecule has 0 amide bonds. The second kappa shape index (κ2) is 10.5. The van der Waals surface area contributed by atoms with Crippen molar-refractivity contribution in [1.82, 2.24) is 19.7 Å². The van der Waals surface area contributed by atoms with Crippen LogP contribution in [0.25, 0.3) is 11.4 Å². The molecule has 3 aromatic rings. The lowest BCUT2D eigenvalue weighted by atomic mass is 10.2. The maximum absolute atomic E-state index is 12.1. The van der Waals surface area contributed by atoms with Gasteiger partial charge in [0.2, 0.25) is 0 Å². The largest absolute Gasteiger partial charge is 0.492 e. The van der Waals surface area contributed by atoms with Gasteiger partial charge in [0.25, 0.3) is 0 Å². The number of carbonyl (C=O) groups excluding carboxylic acids is 1. The SMILES string of the molecule is CCCOc1cc(N2CCN(C(C=O)n3nc(-c4ccccn4)c(Cl)c3C)CC2)ccc1Cl. The lowest BCUT2D eigenvalue weighted by molar-refractivity contribution is -0.116. The Hall–Kier alpha value is -2.61. The van der Waals surface area contributed by atoms with Crippen molar-refractivity contribution < 1.29 is 9.53 Å². The number of benzene rings is 1. The molecule has 0 N–H and O–H groups in total. The molecule has 1 aliphatic rings. The van der Waals surface area contributed by atoms with Crippen LogP contribution < -0.4 is 9.64 Å². The Kier molecular flexibility index (Phi) is 7.53. The Morgan fingerprint density at radius 2 is 1.94 bits per heavy atom. The molecular formula is C24H27Cl2N5O2. The van der Waals surface area contributed by atoms with Gasteiger partial charge in [-0.25, -0.2) is 4.68 Å². The van der Waals surface area contributed by atoms with E-state index in [1.54, 1.807) is 10.9 Å². The summed E-state index contributed by atoms with van der Waals surface area (Å²) in [5, 5.41) is 5.78. The molecule has 9 heteroatoms. The van der Waals surface area contributed by atoms with E-state index in [1.165, 1.54) is 0 Å². The van der Waals surface area contributed by atoms with Crippen LogP contribution >= 0.6 is 23.2 Å². The van der Waals surface area contributed by atoms with Crippen LogP contribution in [-0.2, 0) is 4.79 Å². The molecule has 1 aliphatic heterocycles. The number of hydrogen-bond donors (Lipinski definition) is 0. The summed E-state index contributed by atoms with van der Waals surface area (Å²) >= 11 is 12.8. The molecule has 0 aliphatic carbocycles. The number of piperazine rings is 1. The minimum atomic E-state index is -0.532. The second-order valence-corrected chi connectivity index (χ2v) is 8.73. The predicted octanol–water partition coefficient (Wildman–Crippen LogP) is 4.87. The predicted molar refractivity (Wildman–Crippen MR) is 131 cm³/mol. The number of nitrogens with zero attached hydrogens (tertiary/aromatic N) is 5. The standard InChI is InChI=1S/C24H27Cl2N5O2/c1-3-14-33-21-15-18(7-8-19(21)25)29-10-12-30(13-11-29)22(16-32)31-17(2)23(26)24(28-31)20-6-4-5-9-27-20/h4-9,15-16,22H,3,10-14H2,1-2H3. The molecule has 33 heavy (non-hydrogen) atoms. The van der Waals surface area contributed by atoms with Crippen molar-refractivity contribution >= 4 is 35.2 Å². The third-order valence-corrected chi connectivity index (χ3v) is 6.55. The Balaban J connectivity index is 1.49. The fourth-order valence-corrected chi connectivity index (χ4v) is 4.37. The number of pyridine rings is 1. The number of anilines is 1. The van der Waals surface area contributed by atoms with E-state index in [0.717, 1.165) is 37.2 Å². The smallest absolute Gasteiger partial charge is 0.160 e. The first-order valence-corrected chi connectivity index (χ1v) is 11.8. The van der Waals surface area contributed by atoms with E-state index < -0.39 is 6.17 Å². The van der Waals surface area contributed by atoms with E-state index in [-0.39, 0.29) is 0 Å². The highest BCUT2D eigenvalue weighted by Crippen LogP contribution is 2.32. The molecule has 0 radical (unpaired) electrons. The summed E-state index contributed by atoms with van der Waals surface area (Å²) in [5.74, 6) is 0.702. The van der Waals surface area contributed by atoms with Crippen molar-refractivity contribution in [3.63, 3.8) is 0 Å². The van der Waals surface area contributed by atoms with Gasteiger partial charge in [-0.15, -0.1) is 0 Å². The van der Waals surface area contributed by atoms with Gasteiger partial charge in [-0.05, 0) is 37.6 Å². The van der Waals surface area contributed by atoms with E-state index in [2.05, 4.69) is 26.8 Å². The molecule has 0 saturated carbocycles. The molecule has 2 aromatic heterocycles. The van der Waals surface area contributed by atoms with Crippen LogP contribution in [0.5, 0.6) is 5.75 Å². The molecule has 1 aromatic carbocycles. The van der Waals surface area contributed by atoms with Crippen molar-refractivity contribution in [3.05, 3.63) is 58.3 Å². The number of aldehydes is 1. The van der Waals surface area contributed by atoms with Crippen LogP contribution in [0.1, 0.15) is 25.2 Å². The topological polar surface area (TPSA) is 63.5 Å². The van der Waals surface area contributed by atoms with E-state index in [4.69, 9.17) is 27.9 Å². The third-order valence-electron chi connectivity index (χ3n) is 5.79. The van der Waals surface area contributed by atoms with Crippen LogP contribution in [0.4, 0.5) is 5.69 Å². The summed E-state index contributed by atoms with van der Waals surface area (Å²) < 4.78 is 7.47. The zero-order chi connectivity index (χ0) is 23.4. The normalized spacial score (nSPS) is 15.5. The lowest BCUT2D eigenvalue weighted by Crippen LogP contribution is -2.49. The third kappa shape index (κ3) is 5.00. The Morgan fingerprint density at radius 1 is 1.15 bits per heavy atom. The maximum Gasteiger partial charge on any atom is 0.160 e. The van der Waals surface area contributed by atoms with Crippen molar-refractivity contribution in [1.29, 1.82) is 0 Å². The molecule has 7 nitrogen and oxygen atoms in total. The molecule has 174 valence electrons. The zero-order valence-corrected chi connectivity index (χ0v) is 20.3. The number of aromatic nitrogens is 3. The summed E-state index contributed by atoms with van der Waals surface area (Å²) in [4.78, 5) is 20.9. The van der Waals surface area contributed by atoms with Gasteiger partial charge in [0.15, 0.2) is 12.5 Å². The fraction of sp³-hybridized carbons (Fsp3) is 0.375. The van der Waals surface area contributed by atoms with E-state index in [0.29, 0.717) is 46.9 Å². The first-order valence-electron chi connectivity index (χ1n) is 11.1. The quantitative estimate of drug-likeness (QED) is 0.422. The van der Waals surface area contributed by atoms with Gasteiger partial charge in [-0.1, -0.05) is 36.2 Å². The summed E-state index contributed by atoms with van der Waals surface area (Å²) in [5.41, 5.74) is 3.07. The lowest BCUT2D eigenvalue weighted by Gasteiger charge is -2.38. The van der Waals surface area contributed by atoms with Crippen LogP contribution in [0, 0.1) is 6.92 Å². The molecule has 1 fully saturated rings. The average Bonchev–Trinajstić information content (AvgIpc) is 3.14. The molecular weight excluding hydrogens is 461 g/mol. The van der Waals surface area contributed by atoms with Gasteiger partial charge < -0.3 is 9.64 Å². The molecule has 1 saturated heterocycles. The monoisotopic (exact) mass is 487 g/mol. The van der Waals surface area contributed by atoms with E-state index >= 15 is 0 Å². The molecule has 4 rings (SSSR count). The Morgan fingerprint density at radius 3 is 2.61 bits per heavy atom. The maximum atomic E-state index is 12.1. The zero-order valence-electron chi connectivity index (χ0n) is 18.7. The molecule has 3 heterocycles. The van der Waals surface area contributed by atoms with E-state index in [1.807, 2.05) is 43.3 Å². The molecule has 1 unspecified atom stereocenters. The minimum Gasteiger partial charge on any atom is -0.492 e. The van der Waals surface area contributed by atoms with Gasteiger partial charge >= 0.3 is 0 Å². The van der Waals surface area contributed by atoms with Gasteiger partial charge in [0.05, 0.1) is 28.0 Å². The Bertz CT molecular complexity index is 1100. The van der Waals surface area contributed by atoms with Crippen LogP contribution in [0.15, 0.2) is 42.6 Å². The van der Waals surface area contributed by atoms with Crippen LogP contribution in [0.2, 0.25) is 10.0 Å². The molecule has 0 spiro atoms. The average molecular weight is 488 g/mol. The summed E-state index contributed by atoms with van der Waals surface area (Å²) in [7, 11) is 0. The first kappa shape index (κ1) is 23.5. The van der Waals surface area contributed by atoms with E-state index in [9.17, 15) is 4.79 Å². The van der Waals surface area contributed by atoms with Gasteiger partial charge in [0, 0.05) is 44.1 Å². The van der Waals surface area contributed by atoms with Crippen molar-refractivity contribution in [2.45, 2.75) is 26.4 Å². The summed E-state index contributed by atoms with van der Waals surface area (Å²) in [6, 6.07) is 11.5. The number of hydrogen-bond acceptors (Lipinski definition) is 6. The van der Waals surface area contributed by atoms with Gasteiger partial charge in [0.1, 0.15) is 11.4 Å². The number of halogens is 2. The summed E-state index contributed by atoms with van der Waals surface area (Å²) in [6.45, 7) is 7.50. The Labute approximate surface area is 203 Å². The van der Waals surface area contributed by atoms with Crippen LogP contribution in [-0.4, -0.2) is 58.7 Å². The van der Waals surface area contributed by atoms with Crippen molar-refractivity contribution in [2.24, 2.45) is 0 Å². The van der Waals surface area contributed by atoms with Gasteiger partial charge in [-0.2, -0.15) is 5.10 Å². The number of ether oxygens (including phenoxy) is 1. The number of carbonyl (C=O) groups is 1. The highest BCUT2D eigenvalue weighted by Gasteiger charge is 2.29. The minimum absolute atomic E-state index is 0.514. The van der Waals surface area contributed by atoms with Crippen molar-refractivity contribution in [2.75, 3.05) is 37.7 Å². The molecule has 0 bridgehead atoms. The fourth-order valence-electron chi connectivity index (χ4n) is 3.98.